The van der Waals surface area contributed by atoms with Gasteiger partial charge in [0.05, 0.1) is 17.9 Å². The predicted octanol–water partition coefficient (Wildman–Crippen LogP) is 1.60. The highest BCUT2D eigenvalue weighted by Crippen LogP contribution is 2.35. The fourth-order valence-electron chi connectivity index (χ4n) is 3.85. The summed E-state index contributed by atoms with van der Waals surface area (Å²) in [6.45, 7) is 1.22. The Morgan fingerprint density at radius 2 is 1.92 bits per heavy atom. The fourth-order valence-corrected chi connectivity index (χ4v) is 3.85. The standard InChI is InChI=1S/C19H20N4O3/c24-17-10-16(20-11-21-17)12-5-7-23(8-6-12)19(26)14-9-18(25)22-15-4-2-1-3-13(14)15/h1-4,10-12,14H,5-9H2,(H,22,25)(H,20,21,24)/t14-/m1/s1. The number of hydrogen-bond donors (Lipinski definition) is 2. The summed E-state index contributed by atoms with van der Waals surface area (Å²) in [6.07, 6.45) is 3.14. The third-order valence-electron chi connectivity index (χ3n) is 5.22. The first-order valence-electron chi connectivity index (χ1n) is 8.84. The van der Waals surface area contributed by atoms with Crippen LogP contribution in [0.5, 0.6) is 0 Å². The zero-order valence-corrected chi connectivity index (χ0v) is 14.3. The number of amides is 2. The SMILES string of the molecule is O=C1C[C@@H](C(=O)N2CCC(c3cc(=O)[nH]cn3)CC2)c2ccccc2N1. The van der Waals surface area contributed by atoms with Gasteiger partial charge in [0.1, 0.15) is 0 Å². The number of H-pyrrole nitrogens is 1. The van der Waals surface area contributed by atoms with Crippen molar-refractivity contribution in [2.45, 2.75) is 31.1 Å². The number of nitrogens with zero attached hydrogens (tertiary/aromatic N) is 2. The van der Waals surface area contributed by atoms with Gasteiger partial charge in [0.25, 0.3) is 5.56 Å². The number of likely N-dealkylation sites (tertiary alicyclic amines) is 1. The van der Waals surface area contributed by atoms with Crippen LogP contribution < -0.4 is 10.9 Å². The number of nitrogens with one attached hydrogen (secondary N) is 2. The molecule has 7 nitrogen and oxygen atoms in total. The highest BCUT2D eigenvalue weighted by atomic mass is 16.2. The van der Waals surface area contributed by atoms with Crippen LogP contribution in [0.25, 0.3) is 0 Å². The summed E-state index contributed by atoms with van der Waals surface area (Å²) in [5.41, 5.74) is 2.24. The van der Waals surface area contributed by atoms with Crippen LogP contribution in [-0.4, -0.2) is 39.8 Å². The number of anilines is 1. The van der Waals surface area contributed by atoms with Crippen LogP contribution in [0.3, 0.4) is 0 Å². The number of benzene rings is 1. The molecule has 7 heteroatoms. The molecule has 0 spiro atoms. The molecule has 1 aromatic heterocycles. The van der Waals surface area contributed by atoms with Crippen LogP contribution in [0.2, 0.25) is 0 Å². The van der Waals surface area contributed by atoms with Gasteiger partial charge in [0, 0.05) is 37.2 Å². The molecule has 4 rings (SSSR count). The van der Waals surface area contributed by atoms with E-state index in [-0.39, 0.29) is 29.7 Å². The summed E-state index contributed by atoms with van der Waals surface area (Å²) >= 11 is 0. The number of aromatic nitrogens is 2. The molecular weight excluding hydrogens is 332 g/mol. The van der Waals surface area contributed by atoms with Gasteiger partial charge in [-0.2, -0.15) is 0 Å². The van der Waals surface area contributed by atoms with Gasteiger partial charge in [-0.3, -0.25) is 14.4 Å². The Morgan fingerprint density at radius 3 is 2.69 bits per heavy atom. The number of para-hydroxylation sites is 1. The molecule has 2 amide bonds. The van der Waals surface area contributed by atoms with Gasteiger partial charge < -0.3 is 15.2 Å². The third kappa shape index (κ3) is 3.12. The van der Waals surface area contributed by atoms with Crippen molar-refractivity contribution in [3.63, 3.8) is 0 Å². The van der Waals surface area contributed by atoms with Crippen molar-refractivity contribution in [3.8, 4) is 0 Å². The summed E-state index contributed by atoms with van der Waals surface area (Å²) < 4.78 is 0. The van der Waals surface area contributed by atoms with E-state index < -0.39 is 5.92 Å². The summed E-state index contributed by atoms with van der Waals surface area (Å²) in [5, 5.41) is 2.83. The van der Waals surface area contributed by atoms with Gasteiger partial charge in [0.2, 0.25) is 11.8 Å². The fraction of sp³-hybridized carbons (Fsp3) is 0.368. The second kappa shape index (κ2) is 6.74. The smallest absolute Gasteiger partial charge is 0.250 e. The second-order valence-corrected chi connectivity index (χ2v) is 6.83. The first-order valence-corrected chi connectivity index (χ1v) is 8.84. The molecule has 1 fully saturated rings. The van der Waals surface area contributed by atoms with Crippen LogP contribution in [-0.2, 0) is 9.59 Å². The minimum Gasteiger partial charge on any atom is -0.342 e. The maximum Gasteiger partial charge on any atom is 0.250 e. The molecule has 2 aliphatic rings. The van der Waals surface area contributed by atoms with Gasteiger partial charge in [-0.1, -0.05) is 18.2 Å². The van der Waals surface area contributed by atoms with Crippen molar-refractivity contribution < 1.29 is 9.59 Å². The largest absolute Gasteiger partial charge is 0.342 e. The molecular formula is C19H20N4O3. The Hall–Kier alpha value is -2.96. The molecule has 3 heterocycles. The molecule has 1 saturated heterocycles. The van der Waals surface area contributed by atoms with Crippen LogP contribution in [0, 0.1) is 0 Å². The van der Waals surface area contributed by atoms with Crippen molar-refractivity contribution >= 4 is 17.5 Å². The van der Waals surface area contributed by atoms with Crippen molar-refractivity contribution in [2.75, 3.05) is 18.4 Å². The Labute approximate surface area is 150 Å². The molecule has 0 saturated carbocycles. The van der Waals surface area contributed by atoms with Gasteiger partial charge >= 0.3 is 0 Å². The average molecular weight is 352 g/mol. The van der Waals surface area contributed by atoms with E-state index in [0.717, 1.165) is 29.8 Å². The van der Waals surface area contributed by atoms with E-state index in [2.05, 4.69) is 15.3 Å². The summed E-state index contributed by atoms with van der Waals surface area (Å²) in [4.78, 5) is 45.1. The highest BCUT2D eigenvalue weighted by Gasteiger charge is 2.35. The number of rotatable bonds is 2. The Morgan fingerprint density at radius 1 is 1.15 bits per heavy atom. The van der Waals surface area contributed by atoms with E-state index in [9.17, 15) is 14.4 Å². The van der Waals surface area contributed by atoms with Crippen molar-refractivity contribution in [1.29, 1.82) is 0 Å². The lowest BCUT2D eigenvalue weighted by Crippen LogP contribution is -2.42. The first kappa shape index (κ1) is 16.5. The van der Waals surface area contributed by atoms with Crippen LogP contribution in [0.4, 0.5) is 5.69 Å². The minimum absolute atomic E-state index is 0.00428. The number of carbonyl (C=O) groups excluding carboxylic acids is 2. The molecule has 1 atom stereocenters. The topological polar surface area (TPSA) is 95.2 Å². The molecule has 0 unspecified atom stereocenters. The molecule has 0 aliphatic carbocycles. The van der Waals surface area contributed by atoms with Crippen molar-refractivity contribution in [3.05, 3.63) is 58.3 Å². The lowest BCUT2D eigenvalue weighted by molar-refractivity contribution is -0.135. The Kier molecular flexibility index (Phi) is 4.28. The van der Waals surface area contributed by atoms with Gasteiger partial charge in [-0.25, -0.2) is 4.98 Å². The number of carbonyl (C=O) groups is 2. The van der Waals surface area contributed by atoms with Crippen molar-refractivity contribution in [1.82, 2.24) is 14.9 Å². The van der Waals surface area contributed by atoms with E-state index in [1.54, 1.807) is 0 Å². The second-order valence-electron chi connectivity index (χ2n) is 6.83. The molecule has 2 aromatic rings. The molecule has 2 N–H and O–H groups in total. The predicted molar refractivity (Wildman–Crippen MR) is 95.8 cm³/mol. The molecule has 0 radical (unpaired) electrons. The lowest BCUT2D eigenvalue weighted by atomic mass is 9.87. The van der Waals surface area contributed by atoms with E-state index >= 15 is 0 Å². The Bertz CT molecular complexity index is 899. The summed E-state index contributed by atoms with van der Waals surface area (Å²) in [5.74, 6) is -0.355. The zero-order valence-electron chi connectivity index (χ0n) is 14.3. The number of piperidine rings is 1. The minimum atomic E-state index is -0.422. The first-order chi connectivity index (χ1) is 12.6. The highest BCUT2D eigenvalue weighted by molar-refractivity contribution is 6.01. The maximum absolute atomic E-state index is 13.0. The van der Waals surface area contributed by atoms with E-state index in [4.69, 9.17) is 0 Å². The monoisotopic (exact) mass is 352 g/mol. The third-order valence-corrected chi connectivity index (χ3v) is 5.22. The van der Waals surface area contributed by atoms with E-state index in [1.807, 2.05) is 29.2 Å². The molecule has 134 valence electrons. The van der Waals surface area contributed by atoms with Crippen LogP contribution in [0.1, 0.15) is 42.4 Å². The van der Waals surface area contributed by atoms with E-state index in [0.29, 0.717) is 13.1 Å². The molecule has 1 aromatic carbocycles. The van der Waals surface area contributed by atoms with Gasteiger partial charge in [-0.15, -0.1) is 0 Å². The summed E-state index contributed by atoms with van der Waals surface area (Å²) in [7, 11) is 0. The number of aromatic amines is 1. The normalized spacial score (nSPS) is 20.4. The van der Waals surface area contributed by atoms with Gasteiger partial charge in [-0.05, 0) is 24.5 Å². The molecule has 26 heavy (non-hydrogen) atoms. The van der Waals surface area contributed by atoms with E-state index in [1.165, 1.54) is 12.4 Å². The number of hydrogen-bond acceptors (Lipinski definition) is 4. The molecule has 2 aliphatic heterocycles. The summed E-state index contributed by atoms with van der Waals surface area (Å²) in [6, 6.07) is 9.01. The zero-order chi connectivity index (χ0) is 18.1. The number of fused-ring (bicyclic) bond motifs is 1. The Balaban J connectivity index is 1.47. The lowest BCUT2D eigenvalue weighted by Gasteiger charge is -2.35. The maximum atomic E-state index is 13.0. The molecule has 0 bridgehead atoms. The van der Waals surface area contributed by atoms with Crippen LogP contribution >= 0.6 is 0 Å². The van der Waals surface area contributed by atoms with Crippen molar-refractivity contribution in [2.24, 2.45) is 0 Å². The quantitative estimate of drug-likeness (QED) is 0.858. The average Bonchev–Trinajstić information content (AvgIpc) is 2.67. The van der Waals surface area contributed by atoms with Gasteiger partial charge in [0.15, 0.2) is 0 Å². The van der Waals surface area contributed by atoms with Crippen LogP contribution in [0.15, 0.2) is 41.5 Å².